The predicted octanol–water partition coefficient (Wildman–Crippen LogP) is 4.84. The minimum absolute atomic E-state index is 0.0541. The van der Waals surface area contributed by atoms with Crippen LogP contribution in [-0.4, -0.2) is 24.5 Å². The zero-order chi connectivity index (χ0) is 21.8. The average molecular weight is 435 g/mol. The van der Waals surface area contributed by atoms with Gasteiger partial charge in [-0.25, -0.2) is 18.7 Å². The average Bonchev–Trinajstić information content (AvgIpc) is 3.06. The normalized spacial score (nSPS) is 12.6. The van der Waals surface area contributed by atoms with Crippen LogP contribution >= 0.6 is 0 Å². The molecule has 0 aliphatic carbocycles. The summed E-state index contributed by atoms with van der Waals surface area (Å²) in [5, 5.41) is 0. The molecular formula is C22H28F2N4OS. The fourth-order valence-corrected chi connectivity index (χ4v) is 4.77. The maximum absolute atomic E-state index is 13.8. The lowest BCUT2D eigenvalue weighted by Crippen LogP contribution is -2.08. The van der Waals surface area contributed by atoms with Crippen LogP contribution in [0.25, 0.3) is 11.0 Å². The second-order valence-corrected chi connectivity index (χ2v) is 9.06. The zero-order valence-electron chi connectivity index (χ0n) is 17.7. The summed E-state index contributed by atoms with van der Waals surface area (Å²) in [6, 6.07) is 3.17. The van der Waals surface area contributed by atoms with Gasteiger partial charge in [0.15, 0.2) is 5.82 Å². The van der Waals surface area contributed by atoms with E-state index in [0.717, 1.165) is 65.9 Å². The van der Waals surface area contributed by atoms with Gasteiger partial charge in [0.25, 0.3) is 0 Å². The van der Waals surface area contributed by atoms with E-state index in [4.69, 9.17) is 10.7 Å². The number of aryl methyl sites for hydroxylation is 4. The Bertz CT molecular complexity index is 1080. The summed E-state index contributed by atoms with van der Waals surface area (Å²) >= 11 is 0. The number of nitrogen functional groups attached to an aromatic ring is 1. The maximum Gasteiger partial charge on any atom is 0.151 e. The molecule has 0 amide bonds. The SMILES string of the molecule is CCCCc1nc2c(N)nc(C)c(C)c2n1CCCCS(=O)c1ccc(F)cc1F. The van der Waals surface area contributed by atoms with E-state index in [0.29, 0.717) is 24.5 Å². The quantitative estimate of drug-likeness (QED) is 0.489. The number of aromatic nitrogens is 3. The maximum atomic E-state index is 13.8. The largest absolute Gasteiger partial charge is 0.382 e. The van der Waals surface area contributed by atoms with E-state index in [1.165, 1.54) is 6.07 Å². The van der Waals surface area contributed by atoms with Gasteiger partial charge in [0, 0.05) is 30.5 Å². The summed E-state index contributed by atoms with van der Waals surface area (Å²) in [7, 11) is -1.50. The van der Waals surface area contributed by atoms with E-state index in [9.17, 15) is 13.0 Å². The van der Waals surface area contributed by atoms with E-state index >= 15 is 0 Å². The first-order valence-electron chi connectivity index (χ1n) is 10.3. The van der Waals surface area contributed by atoms with Crippen molar-refractivity contribution in [1.29, 1.82) is 0 Å². The second-order valence-electron chi connectivity index (χ2n) is 7.52. The van der Waals surface area contributed by atoms with E-state index in [1.807, 2.05) is 13.8 Å². The molecule has 3 rings (SSSR count). The highest BCUT2D eigenvalue weighted by Crippen LogP contribution is 2.27. The standard InChI is InChI=1S/C22H28F2N4OS/c1-4-5-8-19-27-20-21(14(2)15(3)26-22(20)25)28(19)11-6-7-12-30(29)18-10-9-16(23)13-17(18)24/h9-10,13H,4-8,11-12H2,1-3H3,(H2,25,26). The van der Waals surface area contributed by atoms with Gasteiger partial charge in [0.1, 0.15) is 23.0 Å². The van der Waals surface area contributed by atoms with Crippen LogP contribution in [-0.2, 0) is 23.8 Å². The first kappa shape index (κ1) is 22.3. The molecule has 2 aromatic heterocycles. The number of hydrogen-bond acceptors (Lipinski definition) is 4. The lowest BCUT2D eigenvalue weighted by Gasteiger charge is -2.12. The van der Waals surface area contributed by atoms with Crippen molar-refractivity contribution in [3.8, 4) is 0 Å². The second kappa shape index (κ2) is 9.64. The summed E-state index contributed by atoms with van der Waals surface area (Å²) in [6.45, 7) is 6.82. The first-order valence-corrected chi connectivity index (χ1v) is 11.6. The molecular weight excluding hydrogens is 406 g/mol. The van der Waals surface area contributed by atoms with Gasteiger partial charge in [0.05, 0.1) is 21.2 Å². The Balaban J connectivity index is 1.75. The van der Waals surface area contributed by atoms with Crippen molar-refractivity contribution in [2.45, 2.75) is 64.3 Å². The topological polar surface area (TPSA) is 73.8 Å². The summed E-state index contributed by atoms with van der Waals surface area (Å²) < 4.78 is 41.5. The molecule has 30 heavy (non-hydrogen) atoms. The van der Waals surface area contributed by atoms with Crippen molar-refractivity contribution >= 4 is 27.7 Å². The van der Waals surface area contributed by atoms with Crippen LogP contribution < -0.4 is 5.73 Å². The molecule has 2 N–H and O–H groups in total. The molecule has 0 fully saturated rings. The number of anilines is 1. The van der Waals surface area contributed by atoms with E-state index < -0.39 is 22.4 Å². The molecule has 2 heterocycles. The summed E-state index contributed by atoms with van der Waals surface area (Å²) in [5.41, 5.74) is 9.83. The van der Waals surface area contributed by atoms with Crippen molar-refractivity contribution in [3.05, 3.63) is 46.9 Å². The number of fused-ring (bicyclic) bond motifs is 1. The molecule has 0 spiro atoms. The number of rotatable bonds is 9. The Morgan fingerprint density at radius 1 is 1.13 bits per heavy atom. The van der Waals surface area contributed by atoms with Crippen molar-refractivity contribution in [1.82, 2.24) is 14.5 Å². The van der Waals surface area contributed by atoms with Crippen LogP contribution in [0.2, 0.25) is 0 Å². The summed E-state index contributed by atoms with van der Waals surface area (Å²) in [5.74, 6) is 0.322. The number of benzene rings is 1. The van der Waals surface area contributed by atoms with Gasteiger partial charge in [0.2, 0.25) is 0 Å². The lowest BCUT2D eigenvalue weighted by atomic mass is 10.2. The molecule has 0 radical (unpaired) electrons. The fourth-order valence-electron chi connectivity index (χ4n) is 3.59. The van der Waals surface area contributed by atoms with Crippen LogP contribution in [0.15, 0.2) is 23.1 Å². The lowest BCUT2D eigenvalue weighted by molar-refractivity contribution is 0.561. The molecule has 1 unspecified atom stereocenters. The third-order valence-corrected chi connectivity index (χ3v) is 6.81. The molecule has 0 aliphatic heterocycles. The van der Waals surface area contributed by atoms with Crippen molar-refractivity contribution in [3.63, 3.8) is 0 Å². The first-order chi connectivity index (χ1) is 14.3. The molecule has 3 aromatic rings. The molecule has 8 heteroatoms. The van der Waals surface area contributed by atoms with Gasteiger partial charge >= 0.3 is 0 Å². The Morgan fingerprint density at radius 2 is 1.90 bits per heavy atom. The number of hydrogen-bond donors (Lipinski definition) is 1. The molecule has 0 saturated carbocycles. The predicted molar refractivity (Wildman–Crippen MR) is 117 cm³/mol. The fraction of sp³-hybridized carbons (Fsp3) is 0.455. The number of imidazole rings is 1. The number of pyridine rings is 1. The summed E-state index contributed by atoms with van der Waals surface area (Å²) in [4.78, 5) is 9.22. The van der Waals surface area contributed by atoms with Gasteiger partial charge < -0.3 is 10.3 Å². The van der Waals surface area contributed by atoms with Crippen LogP contribution in [0.5, 0.6) is 0 Å². The highest BCUT2D eigenvalue weighted by Gasteiger charge is 2.17. The zero-order valence-corrected chi connectivity index (χ0v) is 18.5. The van der Waals surface area contributed by atoms with E-state index in [1.54, 1.807) is 0 Å². The van der Waals surface area contributed by atoms with Gasteiger partial charge in [-0.05, 0) is 50.8 Å². The highest BCUT2D eigenvalue weighted by atomic mass is 32.2. The Hall–Kier alpha value is -2.35. The number of halogens is 2. The minimum Gasteiger partial charge on any atom is -0.382 e. The molecule has 0 aliphatic rings. The van der Waals surface area contributed by atoms with Gasteiger partial charge in [-0.3, -0.25) is 4.21 Å². The molecule has 5 nitrogen and oxygen atoms in total. The van der Waals surface area contributed by atoms with E-state index in [-0.39, 0.29) is 4.90 Å². The minimum atomic E-state index is -1.50. The van der Waals surface area contributed by atoms with E-state index in [2.05, 4.69) is 16.5 Å². The van der Waals surface area contributed by atoms with Crippen molar-refractivity contribution in [2.24, 2.45) is 0 Å². The van der Waals surface area contributed by atoms with Crippen molar-refractivity contribution in [2.75, 3.05) is 11.5 Å². The summed E-state index contributed by atoms with van der Waals surface area (Å²) in [6.07, 6.45) is 4.37. The molecule has 1 aromatic carbocycles. The molecule has 162 valence electrons. The molecule has 1 atom stereocenters. The molecule has 0 saturated heterocycles. The van der Waals surface area contributed by atoms with Gasteiger partial charge in [-0.1, -0.05) is 13.3 Å². The Kier molecular flexibility index (Phi) is 7.18. The van der Waals surface area contributed by atoms with Crippen LogP contribution in [0, 0.1) is 25.5 Å². The third kappa shape index (κ3) is 4.69. The van der Waals surface area contributed by atoms with Crippen LogP contribution in [0.4, 0.5) is 14.6 Å². The van der Waals surface area contributed by atoms with Gasteiger partial charge in [-0.15, -0.1) is 0 Å². The van der Waals surface area contributed by atoms with Crippen LogP contribution in [0.1, 0.15) is 49.7 Å². The number of nitrogens with zero attached hydrogens (tertiary/aromatic N) is 3. The van der Waals surface area contributed by atoms with Gasteiger partial charge in [-0.2, -0.15) is 0 Å². The smallest absolute Gasteiger partial charge is 0.151 e. The molecule has 0 bridgehead atoms. The number of unbranched alkanes of at least 4 members (excludes halogenated alkanes) is 2. The Labute approximate surface area is 178 Å². The Morgan fingerprint density at radius 3 is 2.60 bits per heavy atom. The highest BCUT2D eigenvalue weighted by molar-refractivity contribution is 7.85. The monoisotopic (exact) mass is 434 g/mol. The van der Waals surface area contributed by atoms with Crippen molar-refractivity contribution < 1.29 is 13.0 Å². The van der Waals surface area contributed by atoms with Crippen LogP contribution in [0.3, 0.4) is 0 Å². The number of nitrogens with two attached hydrogens (primary N) is 1. The third-order valence-electron chi connectivity index (χ3n) is 5.33.